The smallest absolute Gasteiger partial charge is 0.0626 e. The molecule has 1 aliphatic heterocycles. The zero-order valence-electron chi connectivity index (χ0n) is 13.6. The highest BCUT2D eigenvalue weighted by Gasteiger charge is 2.28. The van der Waals surface area contributed by atoms with Gasteiger partial charge >= 0.3 is 0 Å². The monoisotopic (exact) mass is 283 g/mol. The largest absolute Gasteiger partial charge is 0.376 e. The molecular formula is C17H33NO2. The third kappa shape index (κ3) is 5.01. The molecule has 118 valence electrons. The van der Waals surface area contributed by atoms with Crippen LogP contribution in [-0.4, -0.2) is 37.5 Å². The van der Waals surface area contributed by atoms with Crippen molar-refractivity contribution in [2.75, 3.05) is 13.2 Å². The van der Waals surface area contributed by atoms with E-state index in [1.165, 1.54) is 32.1 Å². The van der Waals surface area contributed by atoms with Gasteiger partial charge in [-0.05, 0) is 52.0 Å². The van der Waals surface area contributed by atoms with Crippen LogP contribution in [-0.2, 0) is 9.47 Å². The molecule has 2 rings (SSSR count). The third-order valence-electron chi connectivity index (χ3n) is 4.85. The molecular weight excluding hydrogens is 250 g/mol. The standard InChI is InChI=1S/C17H33NO2/c1-4-18-17(15-8-6-5-7-9-15)12-19-16-10-13(2)20-14(3)11-16/h13-18H,4-12H2,1-3H3. The van der Waals surface area contributed by atoms with Crippen molar-refractivity contribution >= 4 is 0 Å². The normalized spacial score (nSPS) is 34.0. The van der Waals surface area contributed by atoms with Crippen molar-refractivity contribution in [1.82, 2.24) is 5.32 Å². The van der Waals surface area contributed by atoms with Crippen molar-refractivity contribution in [3.8, 4) is 0 Å². The Morgan fingerprint density at radius 2 is 1.75 bits per heavy atom. The third-order valence-corrected chi connectivity index (χ3v) is 4.85. The fourth-order valence-corrected chi connectivity index (χ4v) is 3.88. The van der Waals surface area contributed by atoms with Gasteiger partial charge in [-0.3, -0.25) is 0 Å². The van der Waals surface area contributed by atoms with Gasteiger partial charge in [0.1, 0.15) is 0 Å². The highest BCUT2D eigenvalue weighted by Crippen LogP contribution is 2.28. The Morgan fingerprint density at radius 3 is 2.35 bits per heavy atom. The fraction of sp³-hybridized carbons (Fsp3) is 1.00. The summed E-state index contributed by atoms with van der Waals surface area (Å²) in [6.45, 7) is 8.45. The van der Waals surface area contributed by atoms with Gasteiger partial charge in [0.15, 0.2) is 0 Å². The maximum atomic E-state index is 6.25. The summed E-state index contributed by atoms with van der Waals surface area (Å²) in [4.78, 5) is 0. The summed E-state index contributed by atoms with van der Waals surface area (Å²) in [6.07, 6.45) is 10.1. The maximum Gasteiger partial charge on any atom is 0.0626 e. The van der Waals surface area contributed by atoms with Gasteiger partial charge in [-0.1, -0.05) is 26.2 Å². The number of hydrogen-bond donors (Lipinski definition) is 1. The van der Waals surface area contributed by atoms with E-state index in [1.54, 1.807) is 0 Å². The molecule has 0 bridgehead atoms. The van der Waals surface area contributed by atoms with E-state index in [9.17, 15) is 0 Å². The van der Waals surface area contributed by atoms with E-state index in [0.717, 1.165) is 31.9 Å². The van der Waals surface area contributed by atoms with Crippen molar-refractivity contribution in [3.63, 3.8) is 0 Å². The number of likely N-dealkylation sites (N-methyl/N-ethyl adjacent to an activating group) is 1. The molecule has 0 aromatic carbocycles. The fourth-order valence-electron chi connectivity index (χ4n) is 3.88. The molecule has 0 aromatic heterocycles. The Balaban J connectivity index is 1.78. The lowest BCUT2D eigenvalue weighted by molar-refractivity contribution is -0.106. The lowest BCUT2D eigenvalue weighted by Crippen LogP contribution is -2.43. The minimum atomic E-state index is 0.344. The van der Waals surface area contributed by atoms with Gasteiger partial charge in [-0.15, -0.1) is 0 Å². The predicted molar refractivity (Wildman–Crippen MR) is 83.0 cm³/mol. The molecule has 2 aliphatic rings. The average Bonchev–Trinajstić information content (AvgIpc) is 2.43. The summed E-state index contributed by atoms with van der Waals surface area (Å²) in [5, 5.41) is 3.66. The number of ether oxygens (including phenoxy) is 2. The molecule has 0 spiro atoms. The number of nitrogens with one attached hydrogen (secondary N) is 1. The van der Waals surface area contributed by atoms with Crippen LogP contribution in [0, 0.1) is 5.92 Å². The molecule has 1 saturated carbocycles. The Kier molecular flexibility index (Phi) is 6.79. The van der Waals surface area contributed by atoms with E-state index >= 15 is 0 Å². The quantitative estimate of drug-likeness (QED) is 0.809. The molecule has 1 aliphatic carbocycles. The van der Waals surface area contributed by atoms with Crippen molar-refractivity contribution in [1.29, 1.82) is 0 Å². The van der Waals surface area contributed by atoms with E-state index in [-0.39, 0.29) is 0 Å². The SMILES string of the molecule is CCNC(COC1CC(C)OC(C)C1)C1CCCCC1. The maximum absolute atomic E-state index is 6.25. The number of hydrogen-bond acceptors (Lipinski definition) is 3. The summed E-state index contributed by atoms with van der Waals surface area (Å²) in [5.41, 5.74) is 0. The molecule has 0 radical (unpaired) electrons. The van der Waals surface area contributed by atoms with Crippen LogP contribution < -0.4 is 5.32 Å². The second-order valence-corrected chi connectivity index (χ2v) is 6.75. The van der Waals surface area contributed by atoms with Crippen molar-refractivity contribution in [2.45, 2.75) is 90.1 Å². The van der Waals surface area contributed by atoms with Crippen LogP contribution in [0.15, 0.2) is 0 Å². The average molecular weight is 283 g/mol. The van der Waals surface area contributed by atoms with E-state index in [4.69, 9.17) is 9.47 Å². The van der Waals surface area contributed by atoms with Gasteiger partial charge in [0.25, 0.3) is 0 Å². The summed E-state index contributed by atoms with van der Waals surface area (Å²) in [6, 6.07) is 0.550. The number of rotatable bonds is 6. The van der Waals surface area contributed by atoms with E-state index in [1.807, 2.05) is 0 Å². The Morgan fingerprint density at radius 1 is 1.10 bits per heavy atom. The van der Waals surface area contributed by atoms with Crippen molar-refractivity contribution < 1.29 is 9.47 Å². The minimum Gasteiger partial charge on any atom is -0.376 e. The molecule has 20 heavy (non-hydrogen) atoms. The summed E-state index contributed by atoms with van der Waals surface area (Å²) >= 11 is 0. The summed E-state index contributed by atoms with van der Waals surface area (Å²) < 4.78 is 12.0. The first-order valence-electron chi connectivity index (χ1n) is 8.69. The van der Waals surface area contributed by atoms with Crippen LogP contribution in [0.25, 0.3) is 0 Å². The minimum absolute atomic E-state index is 0.344. The Labute approximate surface area is 124 Å². The lowest BCUT2D eigenvalue weighted by Gasteiger charge is -2.35. The van der Waals surface area contributed by atoms with Crippen LogP contribution in [0.5, 0.6) is 0 Å². The molecule has 2 fully saturated rings. The van der Waals surface area contributed by atoms with Gasteiger partial charge in [0.2, 0.25) is 0 Å². The Hall–Kier alpha value is -0.120. The summed E-state index contributed by atoms with van der Waals surface area (Å²) in [7, 11) is 0. The highest BCUT2D eigenvalue weighted by atomic mass is 16.5. The first-order chi connectivity index (χ1) is 9.69. The van der Waals surface area contributed by atoms with Gasteiger partial charge in [-0.25, -0.2) is 0 Å². The highest BCUT2D eigenvalue weighted by molar-refractivity contribution is 4.80. The topological polar surface area (TPSA) is 30.5 Å². The van der Waals surface area contributed by atoms with Gasteiger partial charge in [-0.2, -0.15) is 0 Å². The second-order valence-electron chi connectivity index (χ2n) is 6.75. The van der Waals surface area contributed by atoms with Crippen molar-refractivity contribution in [3.05, 3.63) is 0 Å². The van der Waals surface area contributed by atoms with Gasteiger partial charge in [0, 0.05) is 6.04 Å². The van der Waals surface area contributed by atoms with Crippen molar-refractivity contribution in [2.24, 2.45) is 5.92 Å². The zero-order chi connectivity index (χ0) is 14.4. The van der Waals surface area contributed by atoms with E-state index < -0.39 is 0 Å². The molecule has 1 N–H and O–H groups in total. The zero-order valence-corrected chi connectivity index (χ0v) is 13.6. The molecule has 1 saturated heterocycles. The van der Waals surface area contributed by atoms with Crippen LogP contribution in [0.1, 0.15) is 65.7 Å². The van der Waals surface area contributed by atoms with Gasteiger partial charge in [0.05, 0.1) is 24.9 Å². The molecule has 3 atom stereocenters. The molecule has 0 amide bonds. The summed E-state index contributed by atoms with van der Waals surface area (Å²) in [5.74, 6) is 0.818. The molecule has 3 nitrogen and oxygen atoms in total. The van der Waals surface area contributed by atoms with E-state index in [2.05, 4.69) is 26.1 Å². The molecule has 3 heteroatoms. The Bertz CT molecular complexity index is 256. The predicted octanol–water partition coefficient (Wildman–Crippen LogP) is 3.52. The second kappa shape index (κ2) is 8.35. The first-order valence-corrected chi connectivity index (χ1v) is 8.69. The van der Waals surface area contributed by atoms with Gasteiger partial charge < -0.3 is 14.8 Å². The molecule has 0 aromatic rings. The van der Waals surface area contributed by atoms with Crippen LogP contribution in [0.4, 0.5) is 0 Å². The van der Waals surface area contributed by atoms with E-state index in [0.29, 0.717) is 24.4 Å². The van der Waals surface area contributed by atoms with Crippen LogP contribution in [0.3, 0.4) is 0 Å². The van der Waals surface area contributed by atoms with Crippen LogP contribution in [0.2, 0.25) is 0 Å². The molecule has 1 heterocycles. The van der Waals surface area contributed by atoms with Crippen LogP contribution >= 0.6 is 0 Å². The molecule has 3 unspecified atom stereocenters. The first kappa shape index (κ1) is 16.3. The lowest BCUT2D eigenvalue weighted by atomic mass is 9.84.